The summed E-state index contributed by atoms with van der Waals surface area (Å²) in [4.78, 5) is 2.21. The highest BCUT2D eigenvalue weighted by Crippen LogP contribution is 2.35. The highest BCUT2D eigenvalue weighted by atomic mass is 127. The fourth-order valence-corrected chi connectivity index (χ4v) is 4.94. The molecule has 1 aliphatic heterocycles. The molecule has 1 unspecified atom stereocenters. The average Bonchev–Trinajstić information content (AvgIpc) is 2.80. The molecular weight excluding hydrogens is 465 g/mol. The van der Waals surface area contributed by atoms with Gasteiger partial charge in [-0.15, -0.1) is 5.73 Å². The lowest BCUT2D eigenvalue weighted by Gasteiger charge is -2.39. The number of anilines is 1. The van der Waals surface area contributed by atoms with E-state index in [9.17, 15) is 0 Å². The van der Waals surface area contributed by atoms with Gasteiger partial charge in [0.1, 0.15) is 12.4 Å². The van der Waals surface area contributed by atoms with Crippen molar-refractivity contribution < 1.29 is 9.16 Å². The summed E-state index contributed by atoms with van der Waals surface area (Å²) in [6.45, 7) is 15.3. The summed E-state index contributed by atoms with van der Waals surface area (Å²) < 4.78 is 13.7. The molecule has 0 N–H and O–H groups in total. The molecule has 1 aromatic carbocycles. The monoisotopic (exact) mass is 493 g/mol. The number of halogens is 1. The zero-order valence-corrected chi connectivity index (χ0v) is 19.5. The Kier molecular flexibility index (Phi) is 7.74. The third-order valence-electron chi connectivity index (χ3n) is 3.90. The molecule has 1 aromatic rings. The van der Waals surface area contributed by atoms with Gasteiger partial charge in [-0.25, -0.2) is 0 Å². The summed E-state index contributed by atoms with van der Waals surface area (Å²) in [6, 6.07) is 6.20. The summed E-state index contributed by atoms with van der Waals surface area (Å²) in [5.41, 5.74) is 3.49. The second kappa shape index (κ2) is 9.60. The summed E-state index contributed by atoms with van der Waals surface area (Å²) in [6.07, 6.45) is 12.8. The van der Waals surface area contributed by atoms with Crippen molar-refractivity contribution in [2.45, 2.75) is 31.7 Å². The van der Waals surface area contributed by atoms with Gasteiger partial charge in [-0.05, 0) is 72.6 Å². The summed E-state index contributed by atoms with van der Waals surface area (Å²) in [7, 11) is -1.79. The second-order valence-corrected chi connectivity index (χ2v) is 13.1. The predicted octanol–water partition coefficient (Wildman–Crippen LogP) is 6.07. The predicted molar refractivity (Wildman–Crippen MR) is 126 cm³/mol. The molecule has 0 aliphatic carbocycles. The lowest BCUT2D eigenvalue weighted by molar-refractivity contribution is 0.124. The quantitative estimate of drug-likeness (QED) is 0.190. The highest BCUT2D eigenvalue weighted by Gasteiger charge is 2.35. The Hall–Kier alpha value is -1.53. The standard InChI is InChI=1S/C22H28INO2Si/c1-6-8-13-22(26-27(3,4)5)14-9-10-15-24(18-22)20-17-19(23)11-12-21(20)25-16-7-2/h7-12,14-15,17H,1-2,13,16,18H2,3-5H3. The fraction of sp³-hybridized carbons (Fsp3) is 0.318. The van der Waals surface area contributed by atoms with E-state index in [1.165, 1.54) is 0 Å². The van der Waals surface area contributed by atoms with Crippen molar-refractivity contribution in [3.05, 3.63) is 77.2 Å². The maximum absolute atomic E-state index is 6.66. The minimum absolute atomic E-state index is 0.435. The van der Waals surface area contributed by atoms with Crippen LogP contribution in [0.3, 0.4) is 0 Å². The molecular formula is C22H28INO2Si. The van der Waals surface area contributed by atoms with Gasteiger partial charge in [0.05, 0.1) is 17.8 Å². The molecule has 2 rings (SSSR count). The molecule has 0 radical (unpaired) electrons. The first-order valence-electron chi connectivity index (χ1n) is 8.99. The number of nitrogens with zero attached hydrogens (tertiary/aromatic N) is 1. The van der Waals surface area contributed by atoms with Crippen LogP contribution in [0.2, 0.25) is 19.6 Å². The molecule has 0 amide bonds. The third-order valence-corrected chi connectivity index (χ3v) is 5.59. The molecule has 5 heteroatoms. The number of hydrogen-bond acceptors (Lipinski definition) is 3. The average molecular weight is 493 g/mol. The largest absolute Gasteiger partial charge is 0.487 e. The van der Waals surface area contributed by atoms with E-state index in [-0.39, 0.29) is 0 Å². The summed E-state index contributed by atoms with van der Waals surface area (Å²) >= 11 is 2.33. The van der Waals surface area contributed by atoms with E-state index < -0.39 is 13.9 Å². The first kappa shape index (κ1) is 21.8. The van der Waals surface area contributed by atoms with E-state index >= 15 is 0 Å². The van der Waals surface area contributed by atoms with E-state index in [4.69, 9.17) is 9.16 Å². The second-order valence-electron chi connectivity index (χ2n) is 7.43. The molecule has 1 heterocycles. The summed E-state index contributed by atoms with van der Waals surface area (Å²) in [5.74, 6) is 0.836. The number of benzene rings is 1. The van der Waals surface area contributed by atoms with Crippen LogP contribution >= 0.6 is 22.6 Å². The fourth-order valence-electron chi connectivity index (χ4n) is 3.02. The Morgan fingerprint density at radius 1 is 1.33 bits per heavy atom. The van der Waals surface area contributed by atoms with Crippen LogP contribution in [0.5, 0.6) is 5.75 Å². The van der Waals surface area contributed by atoms with Crippen LogP contribution in [0, 0.1) is 3.57 Å². The van der Waals surface area contributed by atoms with Gasteiger partial charge in [0.2, 0.25) is 0 Å². The molecule has 0 bridgehead atoms. The summed E-state index contributed by atoms with van der Waals surface area (Å²) in [5, 5.41) is 0. The van der Waals surface area contributed by atoms with Crippen molar-refractivity contribution >= 4 is 36.6 Å². The minimum atomic E-state index is -1.79. The van der Waals surface area contributed by atoms with Gasteiger partial charge < -0.3 is 14.1 Å². The number of allylic oxidation sites excluding steroid dienone is 2. The molecule has 3 nitrogen and oxygen atoms in total. The van der Waals surface area contributed by atoms with Crippen LogP contribution in [0.15, 0.2) is 73.7 Å². The molecule has 0 aromatic heterocycles. The molecule has 144 valence electrons. The van der Waals surface area contributed by atoms with Crippen LogP contribution in [-0.2, 0) is 4.43 Å². The SMILES string of the molecule is C=C=CCC1(O[Si](C)(C)C)C=CC=CN(c2cc(I)ccc2OCC=C)C1. The minimum Gasteiger partial charge on any atom is -0.487 e. The maximum atomic E-state index is 6.66. The van der Waals surface area contributed by atoms with E-state index in [0.29, 0.717) is 13.2 Å². The normalized spacial score (nSPS) is 19.3. The Balaban J connectivity index is 2.44. The Morgan fingerprint density at radius 3 is 2.78 bits per heavy atom. The van der Waals surface area contributed by atoms with Gasteiger partial charge in [0, 0.05) is 16.2 Å². The van der Waals surface area contributed by atoms with E-state index in [2.05, 4.69) is 96.5 Å². The topological polar surface area (TPSA) is 21.7 Å². The number of hydrogen-bond donors (Lipinski definition) is 0. The van der Waals surface area contributed by atoms with Gasteiger partial charge in [-0.3, -0.25) is 0 Å². The van der Waals surface area contributed by atoms with Crippen LogP contribution in [0.4, 0.5) is 5.69 Å². The zero-order chi connectivity index (χ0) is 19.9. The molecule has 27 heavy (non-hydrogen) atoms. The van der Waals surface area contributed by atoms with Gasteiger partial charge in [0.15, 0.2) is 8.32 Å². The molecule has 0 fully saturated rings. The van der Waals surface area contributed by atoms with Gasteiger partial charge in [-0.2, -0.15) is 0 Å². The van der Waals surface area contributed by atoms with E-state index in [0.717, 1.165) is 21.4 Å². The zero-order valence-electron chi connectivity index (χ0n) is 16.4. The van der Waals surface area contributed by atoms with Gasteiger partial charge in [0.25, 0.3) is 0 Å². The van der Waals surface area contributed by atoms with Crippen LogP contribution in [-0.4, -0.2) is 27.1 Å². The van der Waals surface area contributed by atoms with Crippen LogP contribution in [0.1, 0.15) is 6.42 Å². The first-order chi connectivity index (χ1) is 12.8. The maximum Gasteiger partial charge on any atom is 0.185 e. The van der Waals surface area contributed by atoms with E-state index in [1.807, 2.05) is 18.2 Å². The van der Waals surface area contributed by atoms with Crippen molar-refractivity contribution in [2.24, 2.45) is 0 Å². The molecule has 1 aliphatic rings. The Bertz CT molecular complexity index is 775. The first-order valence-corrected chi connectivity index (χ1v) is 13.5. The lowest BCUT2D eigenvalue weighted by Crippen LogP contribution is -2.48. The van der Waals surface area contributed by atoms with Gasteiger partial charge in [-0.1, -0.05) is 31.4 Å². The van der Waals surface area contributed by atoms with Crippen LogP contribution in [0.25, 0.3) is 0 Å². The highest BCUT2D eigenvalue weighted by molar-refractivity contribution is 14.1. The van der Waals surface area contributed by atoms with Crippen molar-refractivity contribution in [3.63, 3.8) is 0 Å². The molecule has 1 atom stereocenters. The van der Waals surface area contributed by atoms with Crippen molar-refractivity contribution in [1.82, 2.24) is 0 Å². The van der Waals surface area contributed by atoms with Crippen molar-refractivity contribution in [3.8, 4) is 5.75 Å². The third kappa shape index (κ3) is 6.54. The van der Waals surface area contributed by atoms with Crippen molar-refractivity contribution in [1.29, 1.82) is 0 Å². The molecule has 0 saturated heterocycles. The van der Waals surface area contributed by atoms with Gasteiger partial charge >= 0.3 is 0 Å². The Morgan fingerprint density at radius 2 is 2.11 bits per heavy atom. The van der Waals surface area contributed by atoms with E-state index in [1.54, 1.807) is 6.08 Å². The Labute approximate surface area is 178 Å². The molecule has 0 saturated carbocycles. The number of rotatable bonds is 8. The lowest BCUT2D eigenvalue weighted by atomic mass is 9.98. The smallest absolute Gasteiger partial charge is 0.185 e. The van der Waals surface area contributed by atoms with Crippen molar-refractivity contribution in [2.75, 3.05) is 18.1 Å². The number of ether oxygens (including phenoxy) is 1. The van der Waals surface area contributed by atoms with Crippen LogP contribution < -0.4 is 9.64 Å². The molecule has 0 spiro atoms.